The molecule has 1 N–H and O–H groups in total. The van der Waals surface area contributed by atoms with Gasteiger partial charge in [-0.1, -0.05) is 18.2 Å². The van der Waals surface area contributed by atoms with E-state index >= 15 is 0 Å². The van der Waals surface area contributed by atoms with Gasteiger partial charge in [-0.3, -0.25) is 4.79 Å². The summed E-state index contributed by atoms with van der Waals surface area (Å²) >= 11 is 1.66. The summed E-state index contributed by atoms with van der Waals surface area (Å²) in [5.74, 6) is 1.48. The van der Waals surface area contributed by atoms with E-state index in [9.17, 15) is 4.79 Å². The highest BCUT2D eigenvalue weighted by atomic mass is 32.1. The molecule has 2 aromatic rings. The molecule has 0 bridgehead atoms. The van der Waals surface area contributed by atoms with Crippen molar-refractivity contribution in [3.63, 3.8) is 0 Å². The number of likely N-dealkylation sites (tertiary alicyclic amines) is 1. The van der Waals surface area contributed by atoms with Crippen molar-refractivity contribution in [2.75, 3.05) is 19.6 Å². The minimum absolute atomic E-state index is 0.212. The van der Waals surface area contributed by atoms with Crippen LogP contribution in [-0.4, -0.2) is 36.5 Å². The van der Waals surface area contributed by atoms with Crippen LogP contribution in [0.1, 0.15) is 17.3 Å². The van der Waals surface area contributed by atoms with E-state index in [1.807, 2.05) is 17.5 Å². The molecule has 1 aromatic carbocycles. The van der Waals surface area contributed by atoms with E-state index in [2.05, 4.69) is 29.3 Å². The Balaban J connectivity index is 1.68. The minimum Gasteiger partial charge on any atom is -0.335 e. The predicted molar refractivity (Wildman–Crippen MR) is 82.2 cm³/mol. The van der Waals surface area contributed by atoms with Gasteiger partial charge in [-0.15, -0.1) is 11.3 Å². The molecule has 0 radical (unpaired) electrons. The average Bonchev–Trinajstić information content (AvgIpc) is 3.14. The highest BCUT2D eigenvalue weighted by molar-refractivity contribution is 7.17. The van der Waals surface area contributed by atoms with Crippen molar-refractivity contribution in [1.29, 1.82) is 0 Å². The summed E-state index contributed by atoms with van der Waals surface area (Å²) in [6.45, 7) is 5.22. The van der Waals surface area contributed by atoms with Crippen molar-refractivity contribution in [2.45, 2.75) is 13.0 Å². The molecular weight excluding hydrogens is 268 g/mol. The molecule has 1 amide bonds. The van der Waals surface area contributed by atoms with Crippen molar-refractivity contribution >= 4 is 27.3 Å². The molecule has 2 saturated heterocycles. The number of fused-ring (bicyclic) bond motifs is 2. The Morgan fingerprint density at radius 2 is 2.20 bits per heavy atom. The molecule has 3 atom stereocenters. The van der Waals surface area contributed by atoms with E-state index in [1.165, 1.54) is 4.70 Å². The van der Waals surface area contributed by atoms with Crippen LogP contribution in [0.3, 0.4) is 0 Å². The highest BCUT2D eigenvalue weighted by Crippen LogP contribution is 2.35. The maximum Gasteiger partial charge on any atom is 0.255 e. The lowest BCUT2D eigenvalue weighted by molar-refractivity contribution is 0.0731. The summed E-state index contributed by atoms with van der Waals surface area (Å²) in [6.07, 6.45) is 0. The number of hydrogen-bond donors (Lipinski definition) is 1. The first kappa shape index (κ1) is 12.4. The normalized spacial score (nSPS) is 29.1. The second kappa shape index (κ2) is 4.57. The monoisotopic (exact) mass is 286 g/mol. The summed E-state index contributed by atoms with van der Waals surface area (Å²) in [6, 6.07) is 8.53. The first-order chi connectivity index (χ1) is 9.75. The largest absolute Gasteiger partial charge is 0.335 e. The van der Waals surface area contributed by atoms with Gasteiger partial charge in [0, 0.05) is 41.1 Å². The Hall–Kier alpha value is -1.39. The average molecular weight is 286 g/mol. The van der Waals surface area contributed by atoms with Crippen LogP contribution in [0.4, 0.5) is 0 Å². The molecule has 1 aromatic heterocycles. The van der Waals surface area contributed by atoms with Gasteiger partial charge in [0.1, 0.15) is 0 Å². The lowest BCUT2D eigenvalue weighted by atomic mass is 9.95. The van der Waals surface area contributed by atoms with Crippen molar-refractivity contribution in [2.24, 2.45) is 11.8 Å². The van der Waals surface area contributed by atoms with E-state index in [0.29, 0.717) is 17.9 Å². The lowest BCUT2D eigenvalue weighted by Crippen LogP contribution is -2.38. The Labute approximate surface area is 122 Å². The van der Waals surface area contributed by atoms with Gasteiger partial charge in [0.15, 0.2) is 0 Å². The van der Waals surface area contributed by atoms with Crippen molar-refractivity contribution < 1.29 is 4.79 Å². The molecule has 0 aliphatic carbocycles. The second-order valence-electron chi connectivity index (χ2n) is 5.93. The molecule has 2 aliphatic rings. The molecule has 3 unspecified atom stereocenters. The Morgan fingerprint density at radius 1 is 1.35 bits per heavy atom. The van der Waals surface area contributed by atoms with Crippen LogP contribution >= 0.6 is 11.3 Å². The van der Waals surface area contributed by atoms with Gasteiger partial charge >= 0.3 is 0 Å². The molecule has 3 nitrogen and oxygen atoms in total. The van der Waals surface area contributed by atoms with Crippen molar-refractivity contribution in [1.82, 2.24) is 10.2 Å². The molecule has 0 saturated carbocycles. The Morgan fingerprint density at radius 3 is 3.05 bits per heavy atom. The molecule has 2 fully saturated rings. The fourth-order valence-corrected chi connectivity index (χ4v) is 4.67. The van der Waals surface area contributed by atoms with Gasteiger partial charge in [-0.05, 0) is 24.8 Å². The maximum atomic E-state index is 12.9. The van der Waals surface area contributed by atoms with Crippen LogP contribution in [0, 0.1) is 11.8 Å². The molecule has 0 spiro atoms. The summed E-state index contributed by atoms with van der Waals surface area (Å²) in [5, 5.41) is 6.56. The third-order valence-corrected chi connectivity index (χ3v) is 5.87. The number of hydrogen-bond acceptors (Lipinski definition) is 3. The number of rotatable bonds is 1. The Kier molecular flexibility index (Phi) is 2.82. The van der Waals surface area contributed by atoms with Crippen LogP contribution < -0.4 is 5.32 Å². The quantitative estimate of drug-likeness (QED) is 0.874. The van der Waals surface area contributed by atoms with Gasteiger partial charge in [0.2, 0.25) is 0 Å². The maximum absolute atomic E-state index is 12.9. The molecule has 2 aliphatic heterocycles. The van der Waals surface area contributed by atoms with E-state index < -0.39 is 0 Å². The SMILES string of the molecule is CC1C2CNCC2CN1C(=O)c1csc2ccccc12. The minimum atomic E-state index is 0.212. The van der Waals surface area contributed by atoms with Crippen LogP contribution in [0.15, 0.2) is 29.6 Å². The number of nitrogens with zero attached hydrogens (tertiary/aromatic N) is 1. The Bertz CT molecular complexity index is 665. The van der Waals surface area contributed by atoms with Crippen LogP contribution in [-0.2, 0) is 0 Å². The van der Waals surface area contributed by atoms with E-state index in [4.69, 9.17) is 0 Å². The van der Waals surface area contributed by atoms with Crippen molar-refractivity contribution in [3.05, 3.63) is 35.2 Å². The smallest absolute Gasteiger partial charge is 0.255 e. The summed E-state index contributed by atoms with van der Waals surface area (Å²) in [7, 11) is 0. The predicted octanol–water partition coefficient (Wildman–Crippen LogP) is 2.58. The van der Waals surface area contributed by atoms with E-state index in [-0.39, 0.29) is 5.91 Å². The van der Waals surface area contributed by atoms with E-state index in [0.717, 1.165) is 30.6 Å². The fourth-order valence-electron chi connectivity index (χ4n) is 3.73. The molecule has 3 heterocycles. The van der Waals surface area contributed by atoms with Gasteiger partial charge in [-0.2, -0.15) is 0 Å². The lowest BCUT2D eigenvalue weighted by Gasteiger charge is -2.24. The zero-order valence-corrected chi connectivity index (χ0v) is 12.3. The first-order valence-electron chi connectivity index (χ1n) is 7.23. The first-order valence-corrected chi connectivity index (χ1v) is 8.11. The van der Waals surface area contributed by atoms with Gasteiger partial charge in [0.25, 0.3) is 5.91 Å². The second-order valence-corrected chi connectivity index (χ2v) is 6.84. The molecular formula is C16H18N2OS. The van der Waals surface area contributed by atoms with Crippen molar-refractivity contribution in [3.8, 4) is 0 Å². The number of benzene rings is 1. The molecule has 104 valence electrons. The molecule has 4 rings (SSSR count). The molecule has 20 heavy (non-hydrogen) atoms. The van der Waals surface area contributed by atoms with Gasteiger partial charge < -0.3 is 10.2 Å². The van der Waals surface area contributed by atoms with Crippen LogP contribution in [0.2, 0.25) is 0 Å². The van der Waals surface area contributed by atoms with Crippen LogP contribution in [0.5, 0.6) is 0 Å². The summed E-state index contributed by atoms with van der Waals surface area (Å²) in [5.41, 5.74) is 0.880. The van der Waals surface area contributed by atoms with Crippen LogP contribution in [0.25, 0.3) is 10.1 Å². The number of thiophene rings is 1. The number of carbonyl (C=O) groups excluding carboxylic acids is 1. The van der Waals surface area contributed by atoms with Gasteiger partial charge in [-0.25, -0.2) is 0 Å². The van der Waals surface area contributed by atoms with E-state index in [1.54, 1.807) is 11.3 Å². The fraction of sp³-hybridized carbons (Fsp3) is 0.438. The summed E-state index contributed by atoms with van der Waals surface area (Å²) < 4.78 is 1.20. The third-order valence-electron chi connectivity index (χ3n) is 4.91. The summed E-state index contributed by atoms with van der Waals surface area (Å²) in [4.78, 5) is 15.0. The number of carbonyl (C=O) groups is 1. The standard InChI is InChI=1S/C16H18N2OS/c1-10-13-7-17-6-11(13)8-18(10)16(19)14-9-20-15-5-3-2-4-12(14)15/h2-5,9-11,13,17H,6-8H2,1H3. The third kappa shape index (κ3) is 1.71. The highest BCUT2D eigenvalue weighted by Gasteiger charge is 2.44. The zero-order chi connectivity index (χ0) is 13.7. The topological polar surface area (TPSA) is 32.3 Å². The number of amides is 1. The zero-order valence-electron chi connectivity index (χ0n) is 11.5. The number of nitrogens with one attached hydrogen (secondary N) is 1. The van der Waals surface area contributed by atoms with Gasteiger partial charge in [0.05, 0.1) is 5.56 Å². The molecule has 4 heteroatoms.